The predicted molar refractivity (Wildman–Crippen MR) is 119 cm³/mol. The zero-order valence-electron chi connectivity index (χ0n) is 17.4. The third-order valence-corrected chi connectivity index (χ3v) is 4.44. The van der Waals surface area contributed by atoms with Gasteiger partial charge in [0.1, 0.15) is 23.0 Å². The molecule has 8 nitrogen and oxygen atoms in total. The van der Waals surface area contributed by atoms with E-state index in [4.69, 9.17) is 20.1 Å². The molecule has 4 aromatic rings. The van der Waals surface area contributed by atoms with E-state index >= 15 is 0 Å². The zero-order valence-corrected chi connectivity index (χ0v) is 20.4. The number of benzene rings is 4. The molecule has 0 aromatic heterocycles. The fourth-order valence-corrected chi connectivity index (χ4v) is 3.03. The van der Waals surface area contributed by atoms with Crippen molar-refractivity contribution in [3.8, 4) is 45.3 Å². The van der Waals surface area contributed by atoms with Crippen LogP contribution in [0.4, 0.5) is 0 Å². The summed E-state index contributed by atoms with van der Waals surface area (Å²) in [7, 11) is 0. The van der Waals surface area contributed by atoms with Gasteiger partial charge in [-0.3, -0.25) is 0 Å². The fraction of sp³-hybridized carbons (Fsp3) is 0. The summed E-state index contributed by atoms with van der Waals surface area (Å²) in [6.45, 7) is 0. The Morgan fingerprint density at radius 3 is 1.09 bits per heavy atom. The van der Waals surface area contributed by atoms with Crippen molar-refractivity contribution in [2.75, 3.05) is 0 Å². The molecule has 0 aliphatic carbocycles. The maximum atomic E-state index is 9.71. The van der Waals surface area contributed by atoms with Gasteiger partial charge in [0.15, 0.2) is 0 Å². The van der Waals surface area contributed by atoms with Crippen LogP contribution in [0, 0.1) is 0 Å². The van der Waals surface area contributed by atoms with Gasteiger partial charge in [0, 0.05) is 22.3 Å². The van der Waals surface area contributed by atoms with Crippen LogP contribution in [-0.4, -0.2) is 20.6 Å². The standard InChI is InChI=1S/2C12H10NO3.Zn/c2*14-11-7-3-1-5-9(11)10-6-2-4-8-12(10)16-13-15;/h2*1-8,14-15H;/q2*-1;+2. The predicted octanol–water partition coefficient (Wildman–Crippen LogP) is 6.23. The van der Waals surface area contributed by atoms with Gasteiger partial charge >= 0.3 is 19.5 Å². The number of hydrogen-bond acceptors (Lipinski definition) is 6. The van der Waals surface area contributed by atoms with Gasteiger partial charge in [-0.2, -0.15) is 0 Å². The molecule has 0 saturated heterocycles. The summed E-state index contributed by atoms with van der Waals surface area (Å²) in [5.74, 6) is 1.06. The monoisotopic (exact) mass is 496 g/mol. The second kappa shape index (κ2) is 13.2. The van der Waals surface area contributed by atoms with E-state index in [1.807, 2.05) is 24.3 Å². The molecule has 0 heterocycles. The van der Waals surface area contributed by atoms with Gasteiger partial charge in [0.25, 0.3) is 0 Å². The second-order valence-corrected chi connectivity index (χ2v) is 6.37. The molecule has 0 amide bonds. The quantitative estimate of drug-likeness (QED) is 0.185. The van der Waals surface area contributed by atoms with Crippen molar-refractivity contribution in [3.63, 3.8) is 0 Å². The molecule has 4 aromatic carbocycles. The van der Waals surface area contributed by atoms with Crippen molar-refractivity contribution in [3.05, 3.63) is 108 Å². The van der Waals surface area contributed by atoms with E-state index in [0.717, 1.165) is 0 Å². The molecule has 4 rings (SSSR count). The fourth-order valence-electron chi connectivity index (χ4n) is 3.03. The molecule has 0 bridgehead atoms. The van der Waals surface area contributed by atoms with E-state index in [1.165, 1.54) is 0 Å². The Morgan fingerprint density at radius 1 is 0.455 bits per heavy atom. The maximum absolute atomic E-state index is 9.71. The molecule has 0 aliphatic heterocycles. The first-order valence-corrected chi connectivity index (χ1v) is 9.43. The third kappa shape index (κ3) is 6.76. The van der Waals surface area contributed by atoms with Gasteiger partial charge in [0.05, 0.1) is 0 Å². The first-order chi connectivity index (χ1) is 15.7. The van der Waals surface area contributed by atoms with Crippen LogP contribution < -0.4 is 9.68 Å². The van der Waals surface area contributed by atoms with E-state index in [1.54, 1.807) is 72.8 Å². The van der Waals surface area contributed by atoms with Gasteiger partial charge in [-0.25, -0.2) is 0 Å². The minimum atomic E-state index is 0. The first-order valence-electron chi connectivity index (χ1n) is 9.43. The molecule has 0 atom stereocenters. The number of phenolic OH excluding ortho intramolecular Hbond substituents is 2. The van der Waals surface area contributed by atoms with Gasteiger partial charge in [-0.15, -0.1) is 0 Å². The molecule has 0 fully saturated rings. The number of hydrogen-bond donors (Lipinski definition) is 4. The molecular weight excluding hydrogens is 478 g/mol. The van der Waals surface area contributed by atoms with E-state index in [0.29, 0.717) is 33.8 Å². The van der Waals surface area contributed by atoms with Crippen molar-refractivity contribution in [2.24, 2.45) is 0 Å². The Labute approximate surface area is 203 Å². The molecule has 9 heteroatoms. The van der Waals surface area contributed by atoms with Gasteiger partial charge < -0.3 is 41.6 Å². The van der Waals surface area contributed by atoms with Crippen LogP contribution in [0.2, 0.25) is 0 Å². The van der Waals surface area contributed by atoms with Crippen molar-refractivity contribution in [2.45, 2.75) is 0 Å². The molecule has 164 valence electrons. The zero-order chi connectivity index (χ0) is 22.8. The van der Waals surface area contributed by atoms with Crippen LogP contribution in [0.1, 0.15) is 0 Å². The van der Waals surface area contributed by atoms with Crippen LogP contribution in [0.25, 0.3) is 33.5 Å². The SMILES string of the molecule is O[N-]Oc1ccccc1-c1ccccc1O.O[N-]Oc1ccccc1-c1ccccc1O.[Zn+2]. The molecule has 4 N–H and O–H groups in total. The Hall–Kier alpha value is -3.46. The molecule has 0 aliphatic rings. The maximum Gasteiger partial charge on any atom is 2.00 e. The minimum Gasteiger partial charge on any atom is -0.565 e. The first kappa shape index (κ1) is 25.8. The summed E-state index contributed by atoms with van der Waals surface area (Å²) in [5.41, 5.74) is 7.86. The number of rotatable bonds is 6. The topological polar surface area (TPSA) is 128 Å². The van der Waals surface area contributed by atoms with Crippen molar-refractivity contribution in [1.29, 1.82) is 0 Å². The van der Waals surface area contributed by atoms with Crippen molar-refractivity contribution in [1.82, 2.24) is 0 Å². The molecule has 0 radical (unpaired) electrons. The largest absolute Gasteiger partial charge is 2.00 e. The molecule has 0 saturated carbocycles. The Kier molecular flexibility index (Phi) is 10.3. The number of phenols is 2. The Balaban J connectivity index is 0.000000227. The summed E-state index contributed by atoms with van der Waals surface area (Å²) in [4.78, 5) is 9.43. The van der Waals surface area contributed by atoms with E-state index in [9.17, 15) is 10.2 Å². The Bertz CT molecular complexity index is 1070. The summed E-state index contributed by atoms with van der Waals surface area (Å²) in [6.07, 6.45) is 0. The molecule has 0 spiro atoms. The van der Waals surface area contributed by atoms with Crippen molar-refractivity contribution >= 4 is 0 Å². The van der Waals surface area contributed by atoms with Crippen LogP contribution in [0.15, 0.2) is 97.1 Å². The number of aromatic hydroxyl groups is 2. The summed E-state index contributed by atoms with van der Waals surface area (Å²) in [5, 5.41) is 36.2. The molecule has 33 heavy (non-hydrogen) atoms. The van der Waals surface area contributed by atoms with E-state index < -0.39 is 0 Å². The van der Waals surface area contributed by atoms with Crippen LogP contribution in [-0.2, 0) is 19.5 Å². The Morgan fingerprint density at radius 2 is 0.758 bits per heavy atom. The average molecular weight is 498 g/mol. The molecule has 0 unspecified atom stereocenters. The normalized spacial score (nSPS) is 9.76. The van der Waals surface area contributed by atoms with Crippen LogP contribution in [0.3, 0.4) is 0 Å². The van der Waals surface area contributed by atoms with Gasteiger partial charge in [-0.1, -0.05) is 72.8 Å². The summed E-state index contributed by atoms with van der Waals surface area (Å²) < 4.78 is 0. The average Bonchev–Trinajstić information content (AvgIpc) is 2.82. The third-order valence-electron chi connectivity index (χ3n) is 4.44. The summed E-state index contributed by atoms with van der Waals surface area (Å²) in [6, 6.07) is 27.8. The van der Waals surface area contributed by atoms with Crippen LogP contribution >= 0.6 is 0 Å². The molecular formula is C24H20N2O6Zn. The van der Waals surface area contributed by atoms with Gasteiger partial charge in [-0.05, 0) is 24.3 Å². The number of para-hydroxylation sites is 4. The smallest absolute Gasteiger partial charge is 0.565 e. The van der Waals surface area contributed by atoms with E-state index in [2.05, 4.69) is 11.3 Å². The summed E-state index contributed by atoms with van der Waals surface area (Å²) >= 11 is 0. The number of nitrogens with zero attached hydrogens (tertiary/aromatic N) is 2. The second-order valence-electron chi connectivity index (χ2n) is 6.37. The van der Waals surface area contributed by atoms with E-state index in [-0.39, 0.29) is 31.0 Å². The minimum absolute atomic E-state index is 0. The van der Waals surface area contributed by atoms with Gasteiger partial charge in [0.2, 0.25) is 0 Å². The van der Waals surface area contributed by atoms with Crippen LogP contribution in [0.5, 0.6) is 23.0 Å². The van der Waals surface area contributed by atoms with Crippen molar-refractivity contribution < 1.29 is 49.8 Å².